The standard InChI is InChI=1S/C25H31N5O4/c1-2-29-14-16(13-27-29)12-26-20-5-3-4-6-22(20)34-18-7-8-19-17(11-18)15-30(25(19)33)21-9-10-23(31)28-24(21)32/h7-8,11,13-14,20-22,26H,2-6,9-10,12,15H2,1H3,(H,28,31,32)/t20-,21?,22+/m0/s1. The highest BCUT2D eigenvalue weighted by Crippen LogP contribution is 2.32. The highest BCUT2D eigenvalue weighted by Gasteiger charge is 2.39. The van der Waals surface area contributed by atoms with Gasteiger partial charge in [-0.2, -0.15) is 5.10 Å². The van der Waals surface area contributed by atoms with E-state index < -0.39 is 11.9 Å². The molecule has 1 saturated heterocycles. The van der Waals surface area contributed by atoms with Gasteiger partial charge in [0, 0.05) is 49.4 Å². The summed E-state index contributed by atoms with van der Waals surface area (Å²) in [6.45, 7) is 4.04. The minimum Gasteiger partial charge on any atom is -0.489 e. The number of benzene rings is 1. The Morgan fingerprint density at radius 1 is 1.18 bits per heavy atom. The van der Waals surface area contributed by atoms with E-state index in [1.54, 1.807) is 11.0 Å². The topological polar surface area (TPSA) is 106 Å². The van der Waals surface area contributed by atoms with E-state index >= 15 is 0 Å². The van der Waals surface area contributed by atoms with E-state index in [9.17, 15) is 14.4 Å². The Kier molecular flexibility index (Phi) is 6.36. The van der Waals surface area contributed by atoms with Crippen LogP contribution in [0.25, 0.3) is 0 Å². The zero-order valence-corrected chi connectivity index (χ0v) is 19.5. The van der Waals surface area contributed by atoms with Crippen molar-refractivity contribution in [3.63, 3.8) is 0 Å². The van der Waals surface area contributed by atoms with Crippen LogP contribution in [-0.4, -0.2) is 50.6 Å². The third-order valence-corrected chi connectivity index (χ3v) is 7.06. The molecule has 0 bridgehead atoms. The number of carbonyl (C=O) groups excluding carboxylic acids is 3. The third-order valence-electron chi connectivity index (χ3n) is 7.06. The first-order chi connectivity index (χ1) is 16.5. The van der Waals surface area contributed by atoms with E-state index in [0.717, 1.165) is 49.2 Å². The SMILES string of the molecule is CCn1cc(CN[C@H]2CCCC[C@H]2Oc2ccc3c(c2)CN(C2CCC(=O)NC2=O)C3=O)cn1. The number of carbonyl (C=O) groups is 3. The number of ether oxygens (including phenoxy) is 1. The van der Waals surface area contributed by atoms with Crippen molar-refractivity contribution in [2.75, 3.05) is 0 Å². The number of nitrogens with zero attached hydrogens (tertiary/aromatic N) is 3. The van der Waals surface area contributed by atoms with Crippen molar-refractivity contribution < 1.29 is 19.1 Å². The second kappa shape index (κ2) is 9.58. The molecule has 3 atom stereocenters. The number of aromatic nitrogens is 2. The van der Waals surface area contributed by atoms with Crippen LogP contribution in [0.2, 0.25) is 0 Å². The van der Waals surface area contributed by atoms with E-state index in [4.69, 9.17) is 4.74 Å². The fourth-order valence-corrected chi connectivity index (χ4v) is 5.19. The number of piperidine rings is 1. The molecule has 0 radical (unpaired) electrons. The van der Waals surface area contributed by atoms with E-state index in [1.165, 1.54) is 6.42 Å². The number of nitrogens with one attached hydrogen (secondary N) is 2. The van der Waals surface area contributed by atoms with Crippen molar-refractivity contribution in [1.29, 1.82) is 0 Å². The molecule has 9 heteroatoms. The molecular formula is C25H31N5O4. The lowest BCUT2D eigenvalue weighted by molar-refractivity contribution is -0.136. The van der Waals surface area contributed by atoms with E-state index in [0.29, 0.717) is 18.5 Å². The Hall–Kier alpha value is -3.20. The number of hydrogen-bond acceptors (Lipinski definition) is 6. The molecule has 1 unspecified atom stereocenters. The largest absolute Gasteiger partial charge is 0.489 e. The van der Waals surface area contributed by atoms with Gasteiger partial charge in [-0.1, -0.05) is 6.42 Å². The molecule has 1 aromatic carbocycles. The monoisotopic (exact) mass is 465 g/mol. The quantitative estimate of drug-likeness (QED) is 0.607. The highest BCUT2D eigenvalue weighted by molar-refractivity contribution is 6.05. The van der Waals surface area contributed by atoms with Crippen LogP contribution in [0.4, 0.5) is 0 Å². The lowest BCUT2D eigenvalue weighted by Gasteiger charge is -2.32. The predicted octanol–water partition coefficient (Wildman–Crippen LogP) is 2.14. The number of rotatable bonds is 7. The Bertz CT molecular complexity index is 1100. The van der Waals surface area contributed by atoms with Gasteiger partial charge in [0.15, 0.2) is 0 Å². The van der Waals surface area contributed by atoms with Gasteiger partial charge < -0.3 is 15.0 Å². The summed E-state index contributed by atoms with van der Waals surface area (Å²) in [7, 11) is 0. The molecule has 0 spiro atoms. The van der Waals surface area contributed by atoms with Crippen molar-refractivity contribution in [1.82, 2.24) is 25.3 Å². The first kappa shape index (κ1) is 22.6. The molecule has 34 heavy (non-hydrogen) atoms. The molecule has 3 aliphatic rings. The van der Waals surface area contributed by atoms with Crippen LogP contribution >= 0.6 is 0 Å². The second-order valence-corrected chi connectivity index (χ2v) is 9.35. The summed E-state index contributed by atoms with van der Waals surface area (Å²) in [5.74, 6) is -0.0968. The maximum absolute atomic E-state index is 12.9. The minimum atomic E-state index is -0.606. The van der Waals surface area contributed by atoms with Gasteiger partial charge in [-0.05, 0) is 56.4 Å². The third kappa shape index (κ3) is 4.57. The fraction of sp³-hybridized carbons (Fsp3) is 0.520. The first-order valence-electron chi connectivity index (χ1n) is 12.2. The summed E-state index contributed by atoms with van der Waals surface area (Å²) in [5, 5.41) is 10.3. The highest BCUT2D eigenvalue weighted by atomic mass is 16.5. The maximum atomic E-state index is 12.9. The summed E-state index contributed by atoms with van der Waals surface area (Å²) in [6.07, 6.45) is 8.97. The summed E-state index contributed by atoms with van der Waals surface area (Å²) in [5.41, 5.74) is 2.62. The normalized spacial score (nSPS) is 24.8. The number of hydrogen-bond donors (Lipinski definition) is 2. The average molecular weight is 466 g/mol. The molecule has 3 heterocycles. The van der Waals surface area contributed by atoms with Gasteiger partial charge in [0.1, 0.15) is 17.9 Å². The maximum Gasteiger partial charge on any atom is 0.255 e. The van der Waals surface area contributed by atoms with Crippen LogP contribution in [0.1, 0.15) is 66.9 Å². The molecule has 2 N–H and O–H groups in total. The van der Waals surface area contributed by atoms with Crippen molar-refractivity contribution in [2.45, 2.75) is 83.3 Å². The van der Waals surface area contributed by atoms with Gasteiger partial charge in [-0.3, -0.25) is 24.4 Å². The van der Waals surface area contributed by atoms with Crippen molar-refractivity contribution in [3.05, 3.63) is 47.3 Å². The Balaban J connectivity index is 1.24. The van der Waals surface area contributed by atoms with E-state index in [-0.39, 0.29) is 30.4 Å². The van der Waals surface area contributed by atoms with E-state index in [2.05, 4.69) is 28.9 Å². The lowest BCUT2D eigenvalue weighted by atomic mass is 9.92. The van der Waals surface area contributed by atoms with Crippen molar-refractivity contribution in [3.8, 4) is 5.75 Å². The molecule has 2 aliphatic heterocycles. The van der Waals surface area contributed by atoms with Gasteiger partial charge in [0.05, 0.1) is 6.20 Å². The van der Waals surface area contributed by atoms with Crippen LogP contribution < -0.4 is 15.4 Å². The summed E-state index contributed by atoms with van der Waals surface area (Å²) in [6, 6.07) is 5.21. The summed E-state index contributed by atoms with van der Waals surface area (Å²) >= 11 is 0. The lowest BCUT2D eigenvalue weighted by Crippen LogP contribution is -2.52. The smallest absolute Gasteiger partial charge is 0.255 e. The molecule has 5 rings (SSSR count). The molecule has 180 valence electrons. The molecule has 3 amide bonds. The molecular weight excluding hydrogens is 434 g/mol. The zero-order valence-electron chi connectivity index (χ0n) is 19.5. The molecule has 2 aromatic rings. The van der Waals surface area contributed by atoms with Crippen molar-refractivity contribution >= 4 is 17.7 Å². The number of imide groups is 1. The molecule has 2 fully saturated rings. The van der Waals surface area contributed by atoms with Crippen LogP contribution in [-0.2, 0) is 29.2 Å². The fourth-order valence-electron chi connectivity index (χ4n) is 5.19. The molecule has 1 aromatic heterocycles. The number of aryl methyl sites for hydroxylation is 1. The molecule has 1 saturated carbocycles. The number of amides is 3. The minimum absolute atomic E-state index is 0.0522. The van der Waals surface area contributed by atoms with E-state index in [1.807, 2.05) is 23.0 Å². The average Bonchev–Trinajstić information content (AvgIpc) is 3.43. The van der Waals surface area contributed by atoms with Crippen LogP contribution in [0.15, 0.2) is 30.6 Å². The van der Waals surface area contributed by atoms with Gasteiger partial charge in [-0.25, -0.2) is 0 Å². The predicted molar refractivity (Wildman–Crippen MR) is 124 cm³/mol. The Morgan fingerprint density at radius 3 is 2.82 bits per heavy atom. The van der Waals surface area contributed by atoms with Crippen LogP contribution in [0.3, 0.4) is 0 Å². The van der Waals surface area contributed by atoms with Gasteiger partial charge in [0.2, 0.25) is 11.8 Å². The summed E-state index contributed by atoms with van der Waals surface area (Å²) < 4.78 is 8.35. The van der Waals surface area contributed by atoms with Gasteiger partial charge in [0.25, 0.3) is 5.91 Å². The van der Waals surface area contributed by atoms with Crippen LogP contribution in [0, 0.1) is 0 Å². The summed E-state index contributed by atoms with van der Waals surface area (Å²) in [4.78, 5) is 38.2. The molecule has 1 aliphatic carbocycles. The second-order valence-electron chi connectivity index (χ2n) is 9.35. The first-order valence-corrected chi connectivity index (χ1v) is 12.2. The Morgan fingerprint density at radius 2 is 2.03 bits per heavy atom. The zero-order chi connectivity index (χ0) is 23.7. The van der Waals surface area contributed by atoms with Gasteiger partial charge in [-0.15, -0.1) is 0 Å². The van der Waals surface area contributed by atoms with Gasteiger partial charge >= 0.3 is 0 Å². The number of fused-ring (bicyclic) bond motifs is 1. The van der Waals surface area contributed by atoms with Crippen molar-refractivity contribution in [2.24, 2.45) is 0 Å². The van der Waals surface area contributed by atoms with Crippen LogP contribution in [0.5, 0.6) is 5.75 Å². The Labute approximate surface area is 198 Å². The molecule has 9 nitrogen and oxygen atoms in total.